The van der Waals surface area contributed by atoms with Crippen molar-refractivity contribution in [1.29, 1.82) is 0 Å². The van der Waals surface area contributed by atoms with Gasteiger partial charge in [-0.25, -0.2) is 4.39 Å². The lowest BCUT2D eigenvalue weighted by Crippen LogP contribution is -2.51. The predicted octanol–water partition coefficient (Wildman–Crippen LogP) is 2.12. The van der Waals surface area contributed by atoms with Crippen LogP contribution in [0.4, 0.5) is 4.39 Å². The maximum atomic E-state index is 13.0. The molecule has 1 aromatic rings. The van der Waals surface area contributed by atoms with Crippen molar-refractivity contribution in [3.05, 3.63) is 35.6 Å². The summed E-state index contributed by atoms with van der Waals surface area (Å²) < 4.78 is 13.0. The monoisotopic (exact) mass is 272 g/mol. The largest absolute Gasteiger partial charge is 0.348 e. The molecule has 2 rings (SSSR count). The third kappa shape index (κ3) is 3.68. The van der Waals surface area contributed by atoms with Crippen LogP contribution in [0, 0.1) is 5.82 Å². The number of piperidine rings is 1. The number of amides is 1. The van der Waals surface area contributed by atoms with Crippen LogP contribution >= 0.6 is 12.4 Å². The second-order valence-electron chi connectivity index (χ2n) is 4.48. The van der Waals surface area contributed by atoms with Crippen LogP contribution in [-0.4, -0.2) is 24.5 Å². The van der Waals surface area contributed by atoms with Crippen LogP contribution in [0.2, 0.25) is 0 Å². The zero-order chi connectivity index (χ0) is 12.3. The van der Waals surface area contributed by atoms with Gasteiger partial charge in [0.05, 0.1) is 0 Å². The number of rotatable bonds is 2. The van der Waals surface area contributed by atoms with Gasteiger partial charge in [-0.05, 0) is 44.5 Å². The molecule has 1 aromatic carbocycles. The minimum Gasteiger partial charge on any atom is -0.348 e. The third-order valence-electron chi connectivity index (χ3n) is 3.17. The summed E-state index contributed by atoms with van der Waals surface area (Å²) in [4.78, 5) is 11.9. The summed E-state index contributed by atoms with van der Waals surface area (Å²) in [5, 5.41) is 6.26. The second kappa shape index (κ2) is 6.71. The number of hydrogen-bond acceptors (Lipinski definition) is 2. The Morgan fingerprint density at radius 1 is 1.50 bits per heavy atom. The van der Waals surface area contributed by atoms with Gasteiger partial charge in [-0.1, -0.05) is 6.07 Å². The second-order valence-corrected chi connectivity index (χ2v) is 4.48. The third-order valence-corrected chi connectivity index (χ3v) is 3.17. The zero-order valence-corrected chi connectivity index (χ0v) is 11.1. The van der Waals surface area contributed by atoms with Crippen molar-refractivity contribution in [1.82, 2.24) is 10.6 Å². The van der Waals surface area contributed by atoms with Crippen LogP contribution in [-0.2, 0) is 0 Å². The van der Waals surface area contributed by atoms with Crippen molar-refractivity contribution in [2.45, 2.75) is 31.8 Å². The average Bonchev–Trinajstić information content (AvgIpc) is 2.32. The van der Waals surface area contributed by atoms with E-state index in [9.17, 15) is 9.18 Å². The number of carbonyl (C=O) groups is 1. The Balaban J connectivity index is 0.00000162. The first-order valence-corrected chi connectivity index (χ1v) is 5.96. The van der Waals surface area contributed by atoms with E-state index in [4.69, 9.17) is 0 Å². The number of nitrogens with one attached hydrogen (secondary N) is 2. The van der Waals surface area contributed by atoms with E-state index in [0.29, 0.717) is 5.56 Å². The molecule has 3 nitrogen and oxygen atoms in total. The van der Waals surface area contributed by atoms with Gasteiger partial charge in [0.15, 0.2) is 0 Å². The van der Waals surface area contributed by atoms with Gasteiger partial charge >= 0.3 is 0 Å². The molecule has 0 aromatic heterocycles. The molecule has 2 atom stereocenters. The van der Waals surface area contributed by atoms with E-state index in [2.05, 4.69) is 17.6 Å². The standard InChI is InChI=1S/C13H17FN2O.ClH/c1-9-12(6-3-7-15-9)16-13(17)10-4-2-5-11(14)8-10;/h2,4-5,8-9,12,15H,3,6-7H2,1H3,(H,16,17);1H. The molecule has 100 valence electrons. The Morgan fingerprint density at radius 3 is 2.94 bits per heavy atom. The molecule has 1 aliphatic rings. The quantitative estimate of drug-likeness (QED) is 0.866. The van der Waals surface area contributed by atoms with E-state index in [0.717, 1.165) is 19.4 Å². The highest BCUT2D eigenvalue weighted by Gasteiger charge is 2.22. The van der Waals surface area contributed by atoms with Gasteiger partial charge in [0, 0.05) is 17.6 Å². The summed E-state index contributed by atoms with van der Waals surface area (Å²) in [6, 6.07) is 6.16. The van der Waals surface area contributed by atoms with Crippen LogP contribution in [0.1, 0.15) is 30.1 Å². The van der Waals surface area contributed by atoms with Crippen LogP contribution in [0.25, 0.3) is 0 Å². The smallest absolute Gasteiger partial charge is 0.251 e. The topological polar surface area (TPSA) is 41.1 Å². The van der Waals surface area contributed by atoms with Gasteiger partial charge < -0.3 is 10.6 Å². The van der Waals surface area contributed by atoms with Crippen molar-refractivity contribution in [2.24, 2.45) is 0 Å². The normalized spacial score (nSPS) is 23.0. The molecule has 0 bridgehead atoms. The highest BCUT2D eigenvalue weighted by atomic mass is 35.5. The SMILES string of the molecule is CC1NCCCC1NC(=O)c1cccc(F)c1.Cl. The van der Waals surface area contributed by atoms with Crippen molar-refractivity contribution in [3.63, 3.8) is 0 Å². The molecule has 1 fully saturated rings. The maximum absolute atomic E-state index is 13.0. The summed E-state index contributed by atoms with van der Waals surface area (Å²) in [5.74, 6) is -0.586. The molecule has 1 amide bonds. The summed E-state index contributed by atoms with van der Waals surface area (Å²) in [6.45, 7) is 3.04. The molecule has 0 aliphatic carbocycles. The molecule has 1 saturated heterocycles. The van der Waals surface area contributed by atoms with Crippen molar-refractivity contribution < 1.29 is 9.18 Å². The molecular formula is C13H18ClFN2O. The molecule has 0 radical (unpaired) electrons. The molecule has 2 unspecified atom stereocenters. The first-order chi connectivity index (χ1) is 8.16. The fourth-order valence-electron chi connectivity index (χ4n) is 2.12. The van der Waals surface area contributed by atoms with E-state index >= 15 is 0 Å². The Morgan fingerprint density at radius 2 is 2.28 bits per heavy atom. The van der Waals surface area contributed by atoms with E-state index in [-0.39, 0.29) is 36.2 Å². The molecule has 18 heavy (non-hydrogen) atoms. The number of benzene rings is 1. The lowest BCUT2D eigenvalue weighted by atomic mass is 9.99. The van der Waals surface area contributed by atoms with Gasteiger partial charge in [-0.3, -0.25) is 4.79 Å². The Labute approximate surface area is 113 Å². The minimum absolute atomic E-state index is 0. The average molecular weight is 273 g/mol. The first-order valence-electron chi connectivity index (χ1n) is 5.96. The molecule has 5 heteroatoms. The molecule has 2 N–H and O–H groups in total. The van der Waals surface area contributed by atoms with Crippen LogP contribution in [0.5, 0.6) is 0 Å². The Hall–Kier alpha value is -1.13. The summed E-state index contributed by atoms with van der Waals surface area (Å²) >= 11 is 0. The van der Waals surface area contributed by atoms with Crippen LogP contribution < -0.4 is 10.6 Å². The summed E-state index contributed by atoms with van der Waals surface area (Å²) in [7, 11) is 0. The van der Waals surface area contributed by atoms with Gasteiger partial charge in [0.25, 0.3) is 5.91 Å². The first kappa shape index (κ1) is 14.9. The van der Waals surface area contributed by atoms with Crippen molar-refractivity contribution in [2.75, 3.05) is 6.54 Å². The number of halogens is 2. The Bertz CT molecular complexity index is 414. The van der Waals surface area contributed by atoms with Gasteiger partial charge in [-0.2, -0.15) is 0 Å². The van der Waals surface area contributed by atoms with Crippen LogP contribution in [0.15, 0.2) is 24.3 Å². The molecular weight excluding hydrogens is 255 g/mol. The molecule has 0 saturated carbocycles. The van der Waals surface area contributed by atoms with Crippen LogP contribution in [0.3, 0.4) is 0 Å². The molecule has 1 aliphatic heterocycles. The van der Waals surface area contributed by atoms with E-state index in [1.165, 1.54) is 12.1 Å². The lowest BCUT2D eigenvalue weighted by molar-refractivity contribution is 0.0919. The van der Waals surface area contributed by atoms with Crippen molar-refractivity contribution in [3.8, 4) is 0 Å². The van der Waals surface area contributed by atoms with Gasteiger partial charge in [0.2, 0.25) is 0 Å². The fraction of sp³-hybridized carbons (Fsp3) is 0.462. The predicted molar refractivity (Wildman–Crippen MR) is 71.6 cm³/mol. The Kier molecular flexibility index (Phi) is 5.56. The van der Waals surface area contributed by atoms with E-state index in [1.54, 1.807) is 12.1 Å². The molecule has 1 heterocycles. The number of hydrogen-bond donors (Lipinski definition) is 2. The minimum atomic E-state index is -0.382. The highest BCUT2D eigenvalue weighted by molar-refractivity contribution is 5.94. The highest BCUT2D eigenvalue weighted by Crippen LogP contribution is 2.10. The maximum Gasteiger partial charge on any atom is 0.251 e. The molecule has 0 spiro atoms. The number of carbonyl (C=O) groups excluding carboxylic acids is 1. The summed E-state index contributed by atoms with van der Waals surface area (Å²) in [6.07, 6.45) is 2.02. The fourth-order valence-corrected chi connectivity index (χ4v) is 2.12. The van der Waals surface area contributed by atoms with Gasteiger partial charge in [-0.15, -0.1) is 12.4 Å². The summed E-state index contributed by atoms with van der Waals surface area (Å²) in [5.41, 5.74) is 0.378. The van der Waals surface area contributed by atoms with Gasteiger partial charge in [0.1, 0.15) is 5.82 Å². The van der Waals surface area contributed by atoms with Crippen molar-refractivity contribution >= 4 is 18.3 Å². The van der Waals surface area contributed by atoms with E-state index in [1.807, 2.05) is 0 Å². The van der Waals surface area contributed by atoms with E-state index < -0.39 is 0 Å². The zero-order valence-electron chi connectivity index (χ0n) is 10.3. The lowest BCUT2D eigenvalue weighted by Gasteiger charge is -2.30.